The van der Waals surface area contributed by atoms with Crippen molar-refractivity contribution in [2.24, 2.45) is 0 Å². The number of carboxylic acid groups (broad SMARTS) is 1. The van der Waals surface area contributed by atoms with Gasteiger partial charge in [-0.1, -0.05) is 30.3 Å². The van der Waals surface area contributed by atoms with Crippen LogP contribution in [0.2, 0.25) is 0 Å². The van der Waals surface area contributed by atoms with Gasteiger partial charge in [0, 0.05) is 5.56 Å². The van der Waals surface area contributed by atoms with E-state index >= 15 is 0 Å². The number of anilines is 1. The molecule has 0 aromatic heterocycles. The maximum atomic E-state index is 12.8. The van der Waals surface area contributed by atoms with Crippen LogP contribution in [-0.4, -0.2) is 11.2 Å². The zero-order valence-corrected chi connectivity index (χ0v) is 8.85. The Labute approximate surface area is 97.5 Å². The molecule has 3 nitrogen and oxygen atoms in total. The lowest BCUT2D eigenvalue weighted by molar-refractivity contribution is 0.210. The molecule has 0 saturated heterocycles. The molecule has 2 rings (SSSR count). The second-order valence-electron chi connectivity index (χ2n) is 3.48. The lowest BCUT2D eigenvalue weighted by Gasteiger charge is -2.08. The van der Waals surface area contributed by atoms with E-state index < -0.39 is 6.09 Å². The Morgan fingerprint density at radius 1 is 1.06 bits per heavy atom. The molecule has 2 aromatic rings. The molecule has 17 heavy (non-hydrogen) atoms. The van der Waals surface area contributed by atoms with Crippen molar-refractivity contribution in [1.29, 1.82) is 0 Å². The summed E-state index contributed by atoms with van der Waals surface area (Å²) >= 11 is 0. The third-order valence-corrected chi connectivity index (χ3v) is 2.32. The average Bonchev–Trinajstić information content (AvgIpc) is 2.30. The van der Waals surface area contributed by atoms with Gasteiger partial charge in [-0.2, -0.15) is 0 Å². The van der Waals surface area contributed by atoms with Crippen LogP contribution in [0.5, 0.6) is 0 Å². The van der Waals surface area contributed by atoms with E-state index in [2.05, 4.69) is 5.32 Å². The predicted molar refractivity (Wildman–Crippen MR) is 63.5 cm³/mol. The van der Waals surface area contributed by atoms with Crippen LogP contribution in [0.3, 0.4) is 0 Å². The maximum absolute atomic E-state index is 12.8. The van der Waals surface area contributed by atoms with Crippen LogP contribution >= 0.6 is 0 Å². The van der Waals surface area contributed by atoms with Gasteiger partial charge in [-0.15, -0.1) is 0 Å². The van der Waals surface area contributed by atoms with Crippen LogP contribution in [-0.2, 0) is 0 Å². The first kappa shape index (κ1) is 11.1. The summed E-state index contributed by atoms with van der Waals surface area (Å²) in [5.41, 5.74) is 1.96. The summed E-state index contributed by atoms with van der Waals surface area (Å²) in [4.78, 5) is 10.6. The molecule has 0 atom stereocenters. The molecular weight excluding hydrogens is 221 g/mol. The highest BCUT2D eigenvalue weighted by Crippen LogP contribution is 2.27. The molecule has 0 spiro atoms. The minimum atomic E-state index is -1.13. The van der Waals surface area contributed by atoms with Crippen molar-refractivity contribution >= 4 is 11.8 Å². The third kappa shape index (κ3) is 2.60. The van der Waals surface area contributed by atoms with Crippen LogP contribution in [0.15, 0.2) is 48.5 Å². The van der Waals surface area contributed by atoms with E-state index in [1.165, 1.54) is 12.1 Å². The summed E-state index contributed by atoms with van der Waals surface area (Å²) in [6, 6.07) is 12.9. The maximum Gasteiger partial charge on any atom is 0.409 e. The Morgan fingerprint density at radius 3 is 2.35 bits per heavy atom. The Morgan fingerprint density at radius 2 is 1.71 bits per heavy atom. The molecule has 0 fully saturated rings. The van der Waals surface area contributed by atoms with E-state index in [9.17, 15) is 9.18 Å². The molecule has 4 heteroatoms. The fourth-order valence-corrected chi connectivity index (χ4v) is 1.59. The monoisotopic (exact) mass is 231 g/mol. The largest absolute Gasteiger partial charge is 0.465 e. The molecule has 0 aliphatic rings. The summed E-state index contributed by atoms with van der Waals surface area (Å²) in [5.74, 6) is -0.322. The van der Waals surface area contributed by atoms with E-state index in [0.717, 1.165) is 11.1 Å². The first-order valence-electron chi connectivity index (χ1n) is 5.02. The van der Waals surface area contributed by atoms with Crippen molar-refractivity contribution in [2.75, 3.05) is 5.32 Å². The summed E-state index contributed by atoms with van der Waals surface area (Å²) in [6.45, 7) is 0. The van der Waals surface area contributed by atoms with Gasteiger partial charge in [-0.25, -0.2) is 9.18 Å². The summed E-state index contributed by atoms with van der Waals surface area (Å²) in [5, 5.41) is 11.0. The minimum absolute atomic E-state index is 0.322. The zero-order chi connectivity index (χ0) is 12.3. The minimum Gasteiger partial charge on any atom is -0.465 e. The Kier molecular flexibility index (Phi) is 3.05. The van der Waals surface area contributed by atoms with E-state index in [4.69, 9.17) is 5.11 Å². The smallest absolute Gasteiger partial charge is 0.409 e. The predicted octanol–water partition coefficient (Wildman–Crippen LogP) is 3.58. The van der Waals surface area contributed by atoms with Gasteiger partial charge in [0.15, 0.2) is 0 Å². The van der Waals surface area contributed by atoms with E-state index in [1.807, 2.05) is 0 Å². The molecule has 0 bridgehead atoms. The van der Waals surface area contributed by atoms with Crippen molar-refractivity contribution < 1.29 is 14.3 Å². The fraction of sp³-hybridized carbons (Fsp3) is 0. The number of hydrogen-bond donors (Lipinski definition) is 2. The number of hydrogen-bond acceptors (Lipinski definition) is 1. The van der Waals surface area contributed by atoms with Gasteiger partial charge in [-0.05, 0) is 23.8 Å². The van der Waals surface area contributed by atoms with Crippen LogP contribution in [0.1, 0.15) is 0 Å². The Balaban J connectivity index is 2.44. The molecule has 0 aliphatic heterocycles. The number of amides is 1. The van der Waals surface area contributed by atoms with Crippen LogP contribution in [0.25, 0.3) is 11.1 Å². The van der Waals surface area contributed by atoms with Crippen LogP contribution < -0.4 is 5.32 Å². The molecule has 0 unspecified atom stereocenters. The van der Waals surface area contributed by atoms with Gasteiger partial charge in [0.05, 0.1) is 5.69 Å². The number of halogens is 1. The number of carbonyl (C=O) groups is 1. The normalized spacial score (nSPS) is 9.94. The zero-order valence-electron chi connectivity index (χ0n) is 8.85. The average molecular weight is 231 g/mol. The number of nitrogens with one attached hydrogen (secondary N) is 1. The molecule has 2 aromatic carbocycles. The second kappa shape index (κ2) is 4.65. The number of para-hydroxylation sites is 1. The molecular formula is C13H10FNO2. The topological polar surface area (TPSA) is 49.3 Å². The van der Waals surface area contributed by atoms with E-state index in [1.54, 1.807) is 36.4 Å². The second-order valence-corrected chi connectivity index (χ2v) is 3.48. The van der Waals surface area contributed by atoms with Gasteiger partial charge in [0.1, 0.15) is 5.82 Å². The van der Waals surface area contributed by atoms with Crippen molar-refractivity contribution in [3.05, 3.63) is 54.3 Å². The highest BCUT2D eigenvalue weighted by atomic mass is 19.1. The first-order chi connectivity index (χ1) is 8.16. The Hall–Kier alpha value is -2.36. The molecule has 86 valence electrons. The van der Waals surface area contributed by atoms with Crippen molar-refractivity contribution in [1.82, 2.24) is 0 Å². The van der Waals surface area contributed by atoms with E-state index in [0.29, 0.717) is 5.69 Å². The Bertz CT molecular complexity index is 537. The molecule has 0 aliphatic carbocycles. The van der Waals surface area contributed by atoms with E-state index in [-0.39, 0.29) is 5.82 Å². The molecule has 0 saturated carbocycles. The summed E-state index contributed by atoms with van der Waals surface area (Å²) in [6.07, 6.45) is -1.13. The van der Waals surface area contributed by atoms with Crippen molar-refractivity contribution in [3.63, 3.8) is 0 Å². The standard InChI is InChI=1S/C13H10FNO2/c14-10-7-5-9(6-8-10)11-3-1-2-4-12(11)15-13(16)17/h1-8,15H,(H,16,17). The third-order valence-electron chi connectivity index (χ3n) is 2.32. The van der Waals surface area contributed by atoms with Gasteiger partial charge in [0.2, 0.25) is 0 Å². The van der Waals surface area contributed by atoms with Gasteiger partial charge >= 0.3 is 6.09 Å². The van der Waals surface area contributed by atoms with Gasteiger partial charge in [0.25, 0.3) is 0 Å². The lowest BCUT2D eigenvalue weighted by atomic mass is 10.0. The van der Waals surface area contributed by atoms with Gasteiger partial charge < -0.3 is 5.11 Å². The quantitative estimate of drug-likeness (QED) is 0.829. The SMILES string of the molecule is O=C(O)Nc1ccccc1-c1ccc(F)cc1. The van der Waals surface area contributed by atoms with Crippen LogP contribution in [0.4, 0.5) is 14.9 Å². The molecule has 1 amide bonds. The highest BCUT2D eigenvalue weighted by molar-refractivity contribution is 5.90. The number of rotatable bonds is 2. The summed E-state index contributed by atoms with van der Waals surface area (Å²) in [7, 11) is 0. The first-order valence-corrected chi connectivity index (χ1v) is 5.02. The highest BCUT2D eigenvalue weighted by Gasteiger charge is 2.06. The van der Waals surface area contributed by atoms with Crippen LogP contribution in [0, 0.1) is 5.82 Å². The fourth-order valence-electron chi connectivity index (χ4n) is 1.59. The molecule has 2 N–H and O–H groups in total. The lowest BCUT2D eigenvalue weighted by Crippen LogP contribution is -2.08. The van der Waals surface area contributed by atoms with Crippen molar-refractivity contribution in [3.8, 4) is 11.1 Å². The molecule has 0 heterocycles. The number of benzene rings is 2. The molecule has 0 radical (unpaired) electrons. The van der Waals surface area contributed by atoms with Gasteiger partial charge in [-0.3, -0.25) is 5.32 Å². The summed E-state index contributed by atoms with van der Waals surface area (Å²) < 4.78 is 12.8. The van der Waals surface area contributed by atoms with Crippen molar-refractivity contribution in [2.45, 2.75) is 0 Å².